The third-order valence-electron chi connectivity index (χ3n) is 2.74. The summed E-state index contributed by atoms with van der Waals surface area (Å²) in [6.07, 6.45) is -1.80. The third kappa shape index (κ3) is 8.59. The van der Waals surface area contributed by atoms with Crippen LogP contribution in [0.15, 0.2) is 30.3 Å². The van der Waals surface area contributed by atoms with Gasteiger partial charge in [-0.15, -0.1) is 0 Å². The van der Waals surface area contributed by atoms with Gasteiger partial charge in [0, 0.05) is 0 Å². The Morgan fingerprint density at radius 2 is 1.72 bits per heavy atom. The SMILES string of the molecule is COC(=O)[C@H](COC(=O)OCc1ccccc1)NC(=O)OC(C)(C)C. The second kappa shape index (κ2) is 9.51. The summed E-state index contributed by atoms with van der Waals surface area (Å²) in [4.78, 5) is 35.0. The zero-order valence-corrected chi connectivity index (χ0v) is 14.7. The monoisotopic (exact) mass is 353 g/mol. The summed E-state index contributed by atoms with van der Waals surface area (Å²) in [6, 6.07) is 7.82. The Bertz CT molecular complexity index is 580. The van der Waals surface area contributed by atoms with Crippen LogP contribution in [0, 0.1) is 0 Å². The highest BCUT2D eigenvalue weighted by atomic mass is 16.7. The number of hydrogen-bond acceptors (Lipinski definition) is 7. The van der Waals surface area contributed by atoms with E-state index in [1.807, 2.05) is 18.2 Å². The van der Waals surface area contributed by atoms with Crippen LogP contribution in [0.25, 0.3) is 0 Å². The predicted octanol–water partition coefficient (Wildman–Crippen LogP) is 2.41. The average Bonchev–Trinajstić information content (AvgIpc) is 2.55. The summed E-state index contributed by atoms with van der Waals surface area (Å²) in [7, 11) is 1.15. The lowest BCUT2D eigenvalue weighted by molar-refractivity contribution is -0.144. The molecule has 1 aromatic carbocycles. The molecule has 0 radical (unpaired) electrons. The van der Waals surface area contributed by atoms with Crippen LogP contribution in [0.3, 0.4) is 0 Å². The van der Waals surface area contributed by atoms with Crippen molar-refractivity contribution in [3.63, 3.8) is 0 Å². The molecule has 0 bridgehead atoms. The van der Waals surface area contributed by atoms with E-state index in [1.54, 1.807) is 32.9 Å². The Kier molecular flexibility index (Phi) is 7.71. The minimum atomic E-state index is -1.20. The Balaban J connectivity index is 2.48. The number of ether oxygens (including phenoxy) is 4. The number of carbonyl (C=O) groups is 3. The molecule has 1 amide bonds. The smallest absolute Gasteiger partial charge is 0.467 e. The van der Waals surface area contributed by atoms with Gasteiger partial charge in [0.1, 0.15) is 18.8 Å². The molecule has 0 fully saturated rings. The van der Waals surface area contributed by atoms with Crippen LogP contribution in [0.4, 0.5) is 9.59 Å². The molecule has 1 aromatic rings. The van der Waals surface area contributed by atoms with Crippen LogP contribution >= 0.6 is 0 Å². The maximum absolute atomic E-state index is 11.7. The summed E-state index contributed by atoms with van der Waals surface area (Å²) in [5.41, 5.74) is 0.0519. The number of amides is 1. The van der Waals surface area contributed by atoms with Crippen LogP contribution in [0.1, 0.15) is 26.3 Å². The topological polar surface area (TPSA) is 100 Å². The molecule has 1 N–H and O–H groups in total. The Morgan fingerprint density at radius 3 is 2.28 bits per heavy atom. The van der Waals surface area contributed by atoms with Gasteiger partial charge in [-0.25, -0.2) is 14.4 Å². The Morgan fingerprint density at radius 1 is 1.08 bits per heavy atom. The van der Waals surface area contributed by atoms with Crippen molar-refractivity contribution in [2.45, 2.75) is 39.0 Å². The first-order chi connectivity index (χ1) is 11.7. The number of carbonyl (C=O) groups excluding carboxylic acids is 3. The summed E-state index contributed by atoms with van der Waals surface area (Å²) in [5, 5.41) is 2.28. The largest absolute Gasteiger partial charge is 0.508 e. The molecule has 0 aliphatic rings. The van der Waals surface area contributed by atoms with E-state index in [2.05, 4.69) is 10.1 Å². The molecule has 0 saturated heterocycles. The number of rotatable bonds is 6. The van der Waals surface area contributed by atoms with E-state index in [9.17, 15) is 14.4 Å². The van der Waals surface area contributed by atoms with E-state index < -0.39 is 36.5 Å². The van der Waals surface area contributed by atoms with Gasteiger partial charge in [-0.1, -0.05) is 30.3 Å². The second-order valence-electron chi connectivity index (χ2n) is 6.06. The fourth-order valence-electron chi connectivity index (χ4n) is 1.67. The highest BCUT2D eigenvalue weighted by Crippen LogP contribution is 2.07. The molecule has 8 heteroatoms. The van der Waals surface area contributed by atoms with E-state index in [4.69, 9.17) is 14.2 Å². The molecule has 0 aliphatic heterocycles. The molecule has 0 unspecified atom stereocenters. The van der Waals surface area contributed by atoms with Gasteiger partial charge in [0.25, 0.3) is 0 Å². The number of esters is 1. The van der Waals surface area contributed by atoms with Gasteiger partial charge in [-0.05, 0) is 26.3 Å². The first-order valence-electron chi connectivity index (χ1n) is 7.62. The number of alkyl carbamates (subject to hydrolysis) is 1. The highest BCUT2D eigenvalue weighted by molar-refractivity contribution is 5.81. The van der Waals surface area contributed by atoms with Crippen molar-refractivity contribution in [1.82, 2.24) is 5.32 Å². The molecule has 0 aliphatic carbocycles. The average molecular weight is 353 g/mol. The minimum Gasteiger partial charge on any atom is -0.467 e. The molecule has 1 atom stereocenters. The van der Waals surface area contributed by atoms with Gasteiger partial charge in [0.15, 0.2) is 6.04 Å². The molecule has 1 rings (SSSR count). The summed E-state index contributed by atoms with van der Waals surface area (Å²) >= 11 is 0. The van der Waals surface area contributed by atoms with Crippen molar-refractivity contribution in [2.75, 3.05) is 13.7 Å². The molecule has 25 heavy (non-hydrogen) atoms. The zero-order chi connectivity index (χ0) is 18.9. The first-order valence-corrected chi connectivity index (χ1v) is 7.62. The van der Waals surface area contributed by atoms with E-state index in [0.717, 1.165) is 12.7 Å². The lowest BCUT2D eigenvalue weighted by atomic mass is 10.2. The van der Waals surface area contributed by atoms with Gasteiger partial charge in [0.2, 0.25) is 0 Å². The third-order valence-corrected chi connectivity index (χ3v) is 2.74. The number of benzene rings is 1. The van der Waals surface area contributed by atoms with Gasteiger partial charge >= 0.3 is 18.2 Å². The number of methoxy groups -OCH3 is 1. The Hall–Kier alpha value is -2.77. The van der Waals surface area contributed by atoms with Crippen LogP contribution < -0.4 is 5.32 Å². The molecule has 138 valence electrons. The van der Waals surface area contributed by atoms with Crippen molar-refractivity contribution in [3.8, 4) is 0 Å². The lowest BCUT2D eigenvalue weighted by Gasteiger charge is -2.22. The van der Waals surface area contributed by atoms with Crippen LogP contribution in [0.5, 0.6) is 0 Å². The van der Waals surface area contributed by atoms with E-state index in [-0.39, 0.29) is 6.61 Å². The van der Waals surface area contributed by atoms with E-state index >= 15 is 0 Å². The van der Waals surface area contributed by atoms with Crippen molar-refractivity contribution >= 4 is 18.2 Å². The summed E-state index contributed by atoms with van der Waals surface area (Å²) in [6.45, 7) is 4.62. The van der Waals surface area contributed by atoms with E-state index in [1.165, 1.54) is 0 Å². The highest BCUT2D eigenvalue weighted by Gasteiger charge is 2.26. The van der Waals surface area contributed by atoms with Gasteiger partial charge in [0.05, 0.1) is 7.11 Å². The van der Waals surface area contributed by atoms with Crippen LogP contribution in [0.2, 0.25) is 0 Å². The van der Waals surface area contributed by atoms with Crippen LogP contribution in [-0.4, -0.2) is 43.6 Å². The lowest BCUT2D eigenvalue weighted by Crippen LogP contribution is -2.47. The van der Waals surface area contributed by atoms with Crippen molar-refractivity contribution in [1.29, 1.82) is 0 Å². The van der Waals surface area contributed by atoms with Crippen molar-refractivity contribution < 1.29 is 33.3 Å². The fourth-order valence-corrected chi connectivity index (χ4v) is 1.67. The standard InChI is InChI=1S/C17H23NO7/c1-17(2,3)25-15(20)18-13(14(19)22-4)11-24-16(21)23-10-12-8-6-5-7-9-12/h5-9,13H,10-11H2,1-4H3,(H,18,20)/t13-/m0/s1. The minimum absolute atomic E-state index is 0.0298. The first kappa shape index (κ1) is 20.3. The second-order valence-corrected chi connectivity index (χ2v) is 6.06. The van der Waals surface area contributed by atoms with Crippen LogP contribution in [-0.2, 0) is 30.3 Å². The maximum atomic E-state index is 11.7. The molecule has 0 heterocycles. The van der Waals surface area contributed by atoms with E-state index in [0.29, 0.717) is 0 Å². The molecule has 0 spiro atoms. The fraction of sp³-hybridized carbons (Fsp3) is 0.471. The van der Waals surface area contributed by atoms with Gasteiger partial charge < -0.3 is 24.3 Å². The molecular weight excluding hydrogens is 330 g/mol. The number of hydrogen-bond donors (Lipinski definition) is 1. The molecule has 0 saturated carbocycles. The molecule has 8 nitrogen and oxygen atoms in total. The summed E-state index contributed by atoms with van der Waals surface area (Å²) in [5.74, 6) is -0.776. The Labute approximate surface area is 146 Å². The number of nitrogens with one attached hydrogen (secondary N) is 1. The zero-order valence-electron chi connectivity index (χ0n) is 14.7. The predicted molar refractivity (Wildman–Crippen MR) is 87.8 cm³/mol. The van der Waals surface area contributed by atoms with Gasteiger partial charge in [-0.2, -0.15) is 0 Å². The molecular formula is C17H23NO7. The maximum Gasteiger partial charge on any atom is 0.508 e. The quantitative estimate of drug-likeness (QED) is 0.619. The molecule has 0 aromatic heterocycles. The normalized spacial score (nSPS) is 11.8. The van der Waals surface area contributed by atoms with Gasteiger partial charge in [-0.3, -0.25) is 0 Å². The van der Waals surface area contributed by atoms with Crippen molar-refractivity contribution in [2.24, 2.45) is 0 Å². The summed E-state index contributed by atoms with van der Waals surface area (Å²) < 4.78 is 19.4. The van der Waals surface area contributed by atoms with Crippen molar-refractivity contribution in [3.05, 3.63) is 35.9 Å².